The third kappa shape index (κ3) is 4.36. The summed E-state index contributed by atoms with van der Waals surface area (Å²) in [5.41, 5.74) is 3.16. The monoisotopic (exact) mass is 414 g/mol. The molecule has 4 nitrogen and oxygen atoms in total. The first-order valence-electron chi connectivity index (χ1n) is 10.2. The number of alkyl halides is 3. The summed E-state index contributed by atoms with van der Waals surface area (Å²) in [6, 6.07) is 12.4. The molecule has 4 rings (SSSR count). The number of pyridine rings is 1. The van der Waals surface area contributed by atoms with Crippen molar-refractivity contribution in [3.63, 3.8) is 0 Å². The molecule has 1 aromatic heterocycles. The van der Waals surface area contributed by atoms with Gasteiger partial charge < -0.3 is 15.5 Å². The summed E-state index contributed by atoms with van der Waals surface area (Å²) in [7, 11) is 0. The minimum Gasteiger partial charge on any atom is -0.380 e. The molecule has 0 unspecified atom stereocenters. The third-order valence-electron chi connectivity index (χ3n) is 5.65. The second-order valence-electron chi connectivity index (χ2n) is 7.59. The molecule has 30 heavy (non-hydrogen) atoms. The first kappa shape index (κ1) is 20.5. The molecule has 0 amide bonds. The molecule has 0 radical (unpaired) electrons. The van der Waals surface area contributed by atoms with E-state index in [0.717, 1.165) is 60.9 Å². The highest BCUT2D eigenvalue weighted by Crippen LogP contribution is 2.33. The second kappa shape index (κ2) is 8.52. The lowest BCUT2D eigenvalue weighted by molar-refractivity contribution is -0.138. The normalized spacial score (nSPS) is 15.3. The highest BCUT2D eigenvalue weighted by Gasteiger charge is 2.32. The van der Waals surface area contributed by atoms with Crippen molar-refractivity contribution in [3.05, 3.63) is 65.4 Å². The van der Waals surface area contributed by atoms with E-state index in [4.69, 9.17) is 0 Å². The van der Waals surface area contributed by atoms with Gasteiger partial charge in [0.1, 0.15) is 0 Å². The van der Waals surface area contributed by atoms with Gasteiger partial charge in [-0.25, -0.2) is 0 Å². The van der Waals surface area contributed by atoms with E-state index in [1.54, 1.807) is 12.3 Å². The second-order valence-corrected chi connectivity index (χ2v) is 7.59. The smallest absolute Gasteiger partial charge is 0.380 e. The van der Waals surface area contributed by atoms with Crippen LogP contribution in [0.3, 0.4) is 0 Å². The van der Waals surface area contributed by atoms with Crippen molar-refractivity contribution in [1.82, 2.24) is 10.3 Å². The van der Waals surface area contributed by atoms with E-state index in [9.17, 15) is 13.2 Å². The zero-order valence-corrected chi connectivity index (χ0v) is 16.9. The van der Waals surface area contributed by atoms with Crippen molar-refractivity contribution in [1.29, 1.82) is 0 Å². The highest BCUT2D eigenvalue weighted by atomic mass is 19.4. The number of hydrogen-bond donors (Lipinski definition) is 2. The van der Waals surface area contributed by atoms with Crippen molar-refractivity contribution < 1.29 is 13.2 Å². The summed E-state index contributed by atoms with van der Waals surface area (Å²) in [5, 5.41) is 7.70. The predicted molar refractivity (Wildman–Crippen MR) is 115 cm³/mol. The van der Waals surface area contributed by atoms with Crippen LogP contribution in [0.15, 0.2) is 48.7 Å². The standard InChI is InChI=1S/C23H25F3N4/c1-16-17(4-2-5-20(16)23(24,25)26)15-29-22-8-10-28-21-7-6-18(14-19(21)22)30-12-3-9-27-11-13-30/h2,4-8,10,14,27H,3,9,11-13,15H2,1H3,(H,28,29). The summed E-state index contributed by atoms with van der Waals surface area (Å²) < 4.78 is 39.6. The molecule has 1 saturated heterocycles. The molecule has 3 aromatic rings. The third-order valence-corrected chi connectivity index (χ3v) is 5.65. The number of rotatable bonds is 4. The van der Waals surface area contributed by atoms with Gasteiger partial charge in [-0.1, -0.05) is 12.1 Å². The molecule has 2 heterocycles. The number of fused-ring (bicyclic) bond motifs is 1. The molecule has 1 aliphatic heterocycles. The topological polar surface area (TPSA) is 40.2 Å². The molecule has 7 heteroatoms. The molecule has 0 saturated carbocycles. The van der Waals surface area contributed by atoms with E-state index in [1.165, 1.54) is 13.0 Å². The first-order chi connectivity index (χ1) is 14.4. The van der Waals surface area contributed by atoms with E-state index in [-0.39, 0.29) is 5.56 Å². The number of anilines is 2. The molecule has 2 N–H and O–H groups in total. The Kier molecular flexibility index (Phi) is 5.81. The van der Waals surface area contributed by atoms with Crippen LogP contribution in [0.25, 0.3) is 10.9 Å². The largest absolute Gasteiger partial charge is 0.416 e. The van der Waals surface area contributed by atoms with E-state index < -0.39 is 11.7 Å². The maximum absolute atomic E-state index is 13.2. The van der Waals surface area contributed by atoms with E-state index in [0.29, 0.717) is 12.1 Å². The van der Waals surface area contributed by atoms with E-state index >= 15 is 0 Å². The summed E-state index contributed by atoms with van der Waals surface area (Å²) >= 11 is 0. The van der Waals surface area contributed by atoms with Crippen LogP contribution in [0.2, 0.25) is 0 Å². The van der Waals surface area contributed by atoms with Crippen molar-refractivity contribution in [2.24, 2.45) is 0 Å². The van der Waals surface area contributed by atoms with Crippen LogP contribution in [-0.2, 0) is 12.7 Å². The molecular weight excluding hydrogens is 389 g/mol. The average Bonchev–Trinajstić information content (AvgIpc) is 3.01. The van der Waals surface area contributed by atoms with Gasteiger partial charge in [0.25, 0.3) is 0 Å². The fraction of sp³-hybridized carbons (Fsp3) is 0.348. The number of nitrogens with zero attached hydrogens (tertiary/aromatic N) is 2. The van der Waals surface area contributed by atoms with E-state index in [2.05, 4.69) is 32.7 Å². The Morgan fingerprint density at radius 3 is 2.80 bits per heavy atom. The van der Waals surface area contributed by atoms with Gasteiger partial charge in [0.05, 0.1) is 11.1 Å². The fourth-order valence-corrected chi connectivity index (χ4v) is 3.96. The number of hydrogen-bond acceptors (Lipinski definition) is 4. The SMILES string of the molecule is Cc1c(CNc2ccnc3ccc(N4CCCNCC4)cc23)cccc1C(F)(F)F. The Bertz CT molecular complexity index is 1020. The Morgan fingerprint density at radius 1 is 1.10 bits per heavy atom. The number of nitrogens with one attached hydrogen (secondary N) is 2. The molecule has 0 atom stereocenters. The van der Waals surface area contributed by atoms with Crippen molar-refractivity contribution in [2.75, 3.05) is 36.4 Å². The van der Waals surface area contributed by atoms with Crippen molar-refractivity contribution >= 4 is 22.3 Å². The Hall–Kier alpha value is -2.80. The zero-order chi connectivity index (χ0) is 21.1. The zero-order valence-electron chi connectivity index (χ0n) is 16.9. The Labute approximate surface area is 174 Å². The molecule has 0 aliphatic carbocycles. The van der Waals surface area contributed by atoms with Gasteiger partial charge in [-0.05, 0) is 61.3 Å². The van der Waals surface area contributed by atoms with Gasteiger partial charge in [-0.3, -0.25) is 4.98 Å². The molecular formula is C23H25F3N4. The van der Waals surface area contributed by atoms with Crippen LogP contribution in [0.5, 0.6) is 0 Å². The molecule has 0 bridgehead atoms. The quantitative estimate of drug-likeness (QED) is 0.632. The molecule has 1 aliphatic rings. The molecule has 1 fully saturated rings. The first-order valence-corrected chi connectivity index (χ1v) is 10.2. The van der Waals surface area contributed by atoms with Crippen LogP contribution in [0, 0.1) is 6.92 Å². The van der Waals surface area contributed by atoms with Gasteiger partial charge in [0, 0.05) is 49.1 Å². The van der Waals surface area contributed by atoms with Crippen LogP contribution < -0.4 is 15.5 Å². The van der Waals surface area contributed by atoms with Gasteiger partial charge in [0.15, 0.2) is 0 Å². The number of aromatic nitrogens is 1. The van der Waals surface area contributed by atoms with Gasteiger partial charge in [0.2, 0.25) is 0 Å². The lowest BCUT2D eigenvalue weighted by atomic mass is 10.0. The Morgan fingerprint density at radius 2 is 1.97 bits per heavy atom. The number of benzene rings is 2. The summed E-state index contributed by atoms with van der Waals surface area (Å²) in [6.07, 6.45) is -1.54. The summed E-state index contributed by atoms with van der Waals surface area (Å²) in [6.45, 7) is 5.74. The van der Waals surface area contributed by atoms with Crippen molar-refractivity contribution in [3.8, 4) is 0 Å². The van der Waals surface area contributed by atoms with Crippen LogP contribution in [0.4, 0.5) is 24.5 Å². The molecule has 158 valence electrons. The minimum absolute atomic E-state index is 0.258. The Balaban J connectivity index is 1.61. The summed E-state index contributed by atoms with van der Waals surface area (Å²) in [4.78, 5) is 6.80. The summed E-state index contributed by atoms with van der Waals surface area (Å²) in [5.74, 6) is 0. The van der Waals surface area contributed by atoms with E-state index in [1.807, 2.05) is 12.1 Å². The van der Waals surface area contributed by atoms with Gasteiger partial charge in [-0.15, -0.1) is 0 Å². The predicted octanol–water partition coefficient (Wildman–Crippen LogP) is 4.97. The fourth-order valence-electron chi connectivity index (χ4n) is 3.96. The molecule has 2 aromatic carbocycles. The minimum atomic E-state index is -4.35. The average molecular weight is 414 g/mol. The molecule has 0 spiro atoms. The van der Waals surface area contributed by atoms with Crippen LogP contribution in [-0.4, -0.2) is 31.2 Å². The maximum Gasteiger partial charge on any atom is 0.416 e. The van der Waals surface area contributed by atoms with Gasteiger partial charge >= 0.3 is 6.18 Å². The lowest BCUT2D eigenvalue weighted by Gasteiger charge is -2.23. The van der Waals surface area contributed by atoms with Crippen LogP contribution >= 0.6 is 0 Å². The highest BCUT2D eigenvalue weighted by molar-refractivity contribution is 5.93. The van der Waals surface area contributed by atoms with Crippen LogP contribution in [0.1, 0.15) is 23.1 Å². The number of halogens is 3. The lowest BCUT2D eigenvalue weighted by Crippen LogP contribution is -2.27. The van der Waals surface area contributed by atoms with Crippen molar-refractivity contribution in [2.45, 2.75) is 26.1 Å². The maximum atomic E-state index is 13.2. The van der Waals surface area contributed by atoms with Gasteiger partial charge in [-0.2, -0.15) is 13.2 Å².